The summed E-state index contributed by atoms with van der Waals surface area (Å²) in [5, 5.41) is 3.27. The first kappa shape index (κ1) is 19.6. The highest BCUT2D eigenvalue weighted by Crippen LogP contribution is 2.29. The molecule has 0 radical (unpaired) electrons. The maximum Gasteiger partial charge on any atom is 0.132 e. The lowest BCUT2D eigenvalue weighted by molar-refractivity contribution is 0.197. The summed E-state index contributed by atoms with van der Waals surface area (Å²) >= 11 is 5.63. The van der Waals surface area contributed by atoms with Crippen LogP contribution >= 0.6 is 36.4 Å². The topological polar surface area (TPSA) is 15.3 Å². The summed E-state index contributed by atoms with van der Waals surface area (Å²) in [6.07, 6.45) is 1.57. The predicted octanol–water partition coefficient (Wildman–Crippen LogP) is 3.59. The van der Waals surface area contributed by atoms with E-state index in [-0.39, 0.29) is 35.4 Å². The molecule has 0 unspecified atom stereocenters. The minimum absolute atomic E-state index is 0. The van der Waals surface area contributed by atoms with Gasteiger partial charge in [-0.05, 0) is 12.1 Å². The van der Waals surface area contributed by atoms with Gasteiger partial charge >= 0.3 is 0 Å². The Morgan fingerprint density at radius 3 is 2.15 bits per heavy atom. The molecule has 1 heterocycles. The number of nitrogens with zero attached hydrogens (tertiary/aromatic N) is 1. The van der Waals surface area contributed by atoms with E-state index in [1.54, 1.807) is 6.08 Å². The third-order valence-corrected chi connectivity index (χ3v) is 3.33. The minimum atomic E-state index is -0.622. The average molecular weight is 346 g/mol. The van der Waals surface area contributed by atoms with Crippen molar-refractivity contribution in [3.63, 3.8) is 0 Å². The Labute approximate surface area is 135 Å². The first-order chi connectivity index (χ1) is 8.63. The molecule has 20 heavy (non-hydrogen) atoms. The van der Waals surface area contributed by atoms with Crippen LogP contribution in [0.1, 0.15) is 11.6 Å². The smallest absolute Gasteiger partial charge is 0.132 e. The number of halogens is 5. The first-order valence-electron chi connectivity index (χ1n) is 5.85. The fourth-order valence-corrected chi connectivity index (χ4v) is 2.44. The van der Waals surface area contributed by atoms with Crippen molar-refractivity contribution >= 4 is 36.4 Å². The molecule has 1 aromatic carbocycles. The van der Waals surface area contributed by atoms with Gasteiger partial charge in [0.25, 0.3) is 0 Å². The van der Waals surface area contributed by atoms with Gasteiger partial charge in [-0.25, -0.2) is 8.78 Å². The maximum absolute atomic E-state index is 13.9. The molecule has 0 aromatic heterocycles. The molecule has 114 valence electrons. The molecule has 1 aromatic rings. The van der Waals surface area contributed by atoms with Gasteiger partial charge in [0.05, 0.1) is 6.04 Å². The van der Waals surface area contributed by atoms with E-state index in [1.165, 1.54) is 0 Å². The second kappa shape index (κ2) is 8.80. The van der Waals surface area contributed by atoms with Gasteiger partial charge in [0, 0.05) is 36.8 Å². The molecule has 1 saturated heterocycles. The normalized spacial score (nSPS) is 16.8. The second-order valence-corrected chi connectivity index (χ2v) is 4.69. The highest BCUT2D eigenvalue weighted by atomic mass is 35.5. The number of hydrogen-bond acceptors (Lipinski definition) is 2. The van der Waals surface area contributed by atoms with Crippen LogP contribution < -0.4 is 5.32 Å². The van der Waals surface area contributed by atoms with Gasteiger partial charge in [-0.2, -0.15) is 0 Å². The lowest BCUT2D eigenvalue weighted by atomic mass is 10.0. The molecule has 0 amide bonds. The van der Waals surface area contributed by atoms with Crippen molar-refractivity contribution in [1.29, 1.82) is 0 Å². The van der Waals surface area contributed by atoms with Gasteiger partial charge in [-0.15, -0.1) is 31.4 Å². The third kappa shape index (κ3) is 4.30. The van der Waals surface area contributed by atoms with E-state index in [0.29, 0.717) is 0 Å². The van der Waals surface area contributed by atoms with Crippen molar-refractivity contribution in [2.24, 2.45) is 0 Å². The van der Waals surface area contributed by atoms with Crippen LogP contribution in [0.4, 0.5) is 8.78 Å². The molecule has 1 N–H and O–H groups in total. The molecule has 0 bridgehead atoms. The molecule has 1 fully saturated rings. The van der Waals surface area contributed by atoms with E-state index in [2.05, 4.69) is 11.9 Å². The van der Waals surface area contributed by atoms with Gasteiger partial charge in [0.2, 0.25) is 0 Å². The van der Waals surface area contributed by atoms with Gasteiger partial charge in [0.15, 0.2) is 0 Å². The van der Waals surface area contributed by atoms with E-state index in [0.717, 1.165) is 38.3 Å². The van der Waals surface area contributed by atoms with E-state index in [9.17, 15) is 8.78 Å². The molecule has 1 atom stereocenters. The zero-order valence-corrected chi connectivity index (χ0v) is 13.1. The minimum Gasteiger partial charge on any atom is -0.314 e. The summed E-state index contributed by atoms with van der Waals surface area (Å²) in [6.45, 7) is 6.77. The second-order valence-electron chi connectivity index (χ2n) is 4.25. The fourth-order valence-electron chi connectivity index (χ4n) is 2.25. The summed E-state index contributed by atoms with van der Waals surface area (Å²) in [6, 6.07) is 1.82. The molecule has 2 rings (SSSR count). The molecule has 1 aliphatic heterocycles. The van der Waals surface area contributed by atoms with Crippen molar-refractivity contribution in [3.8, 4) is 0 Å². The quantitative estimate of drug-likeness (QED) is 0.842. The summed E-state index contributed by atoms with van der Waals surface area (Å²) in [5.41, 5.74) is 0.0244. The molecule has 0 spiro atoms. The molecular weight excluding hydrogens is 329 g/mol. The van der Waals surface area contributed by atoms with Crippen LogP contribution in [0.5, 0.6) is 0 Å². The van der Waals surface area contributed by atoms with Crippen LogP contribution in [-0.4, -0.2) is 31.1 Å². The largest absolute Gasteiger partial charge is 0.314 e. The van der Waals surface area contributed by atoms with E-state index < -0.39 is 17.7 Å². The maximum atomic E-state index is 13.9. The van der Waals surface area contributed by atoms with Crippen LogP contribution in [0.25, 0.3) is 0 Å². The Balaban J connectivity index is 0.00000180. The lowest BCUT2D eigenvalue weighted by Crippen LogP contribution is -2.45. The van der Waals surface area contributed by atoms with Gasteiger partial charge in [-0.1, -0.05) is 17.7 Å². The lowest BCUT2D eigenvalue weighted by Gasteiger charge is -2.33. The van der Waals surface area contributed by atoms with Crippen LogP contribution in [0.15, 0.2) is 24.8 Å². The van der Waals surface area contributed by atoms with Crippen molar-refractivity contribution < 1.29 is 8.78 Å². The number of nitrogens with one attached hydrogen (secondary N) is 1. The predicted molar refractivity (Wildman–Crippen MR) is 83.2 cm³/mol. The van der Waals surface area contributed by atoms with Crippen LogP contribution in [0.2, 0.25) is 5.02 Å². The SMILES string of the molecule is C=C[C@@H](c1c(F)cc(Cl)cc1F)N1CCNCC1.Cl.Cl. The number of piperazine rings is 1. The van der Waals surface area contributed by atoms with E-state index in [1.807, 2.05) is 4.90 Å². The van der Waals surface area contributed by atoms with Crippen molar-refractivity contribution in [1.82, 2.24) is 10.2 Å². The summed E-state index contributed by atoms with van der Waals surface area (Å²) in [4.78, 5) is 2.00. The highest BCUT2D eigenvalue weighted by Gasteiger charge is 2.25. The van der Waals surface area contributed by atoms with Gasteiger partial charge in [-0.3, -0.25) is 4.90 Å². The third-order valence-electron chi connectivity index (χ3n) is 3.11. The Kier molecular flexibility index (Phi) is 8.63. The van der Waals surface area contributed by atoms with Crippen LogP contribution in [0.3, 0.4) is 0 Å². The van der Waals surface area contributed by atoms with Crippen LogP contribution in [0, 0.1) is 11.6 Å². The summed E-state index contributed by atoms with van der Waals surface area (Å²) in [5.74, 6) is -1.24. The molecule has 0 aliphatic carbocycles. The van der Waals surface area contributed by atoms with Crippen molar-refractivity contribution in [2.45, 2.75) is 6.04 Å². The first-order valence-corrected chi connectivity index (χ1v) is 6.23. The number of benzene rings is 1. The zero-order valence-electron chi connectivity index (χ0n) is 10.7. The number of rotatable bonds is 3. The molecule has 0 saturated carbocycles. The Morgan fingerprint density at radius 1 is 1.20 bits per heavy atom. The van der Waals surface area contributed by atoms with Gasteiger partial charge in [0.1, 0.15) is 11.6 Å². The zero-order chi connectivity index (χ0) is 13.1. The summed E-state index contributed by atoms with van der Waals surface area (Å²) < 4.78 is 27.8. The monoisotopic (exact) mass is 344 g/mol. The van der Waals surface area contributed by atoms with E-state index >= 15 is 0 Å². The average Bonchev–Trinajstić information content (AvgIpc) is 2.34. The molecular formula is C13H17Cl3F2N2. The standard InChI is InChI=1S/C13H15ClF2N2.2ClH/c1-2-12(18-5-3-17-4-6-18)13-10(15)7-9(14)8-11(13)16;;/h2,7-8,12,17H,1,3-6H2;2*1H/t12-;;/m0../s1. The summed E-state index contributed by atoms with van der Waals surface area (Å²) in [7, 11) is 0. The Hall–Kier alpha value is -0.390. The van der Waals surface area contributed by atoms with Crippen molar-refractivity contribution in [3.05, 3.63) is 47.0 Å². The van der Waals surface area contributed by atoms with Gasteiger partial charge < -0.3 is 5.32 Å². The Morgan fingerprint density at radius 2 is 1.70 bits per heavy atom. The Bertz CT molecular complexity index is 428. The van der Waals surface area contributed by atoms with Crippen molar-refractivity contribution in [2.75, 3.05) is 26.2 Å². The molecule has 2 nitrogen and oxygen atoms in total. The molecule has 1 aliphatic rings. The number of hydrogen-bond donors (Lipinski definition) is 1. The van der Waals surface area contributed by atoms with E-state index in [4.69, 9.17) is 11.6 Å². The highest BCUT2D eigenvalue weighted by molar-refractivity contribution is 6.30. The molecule has 7 heteroatoms. The fraction of sp³-hybridized carbons (Fsp3) is 0.385. The van der Waals surface area contributed by atoms with Crippen LogP contribution in [-0.2, 0) is 0 Å².